The van der Waals surface area contributed by atoms with Crippen LogP contribution in [0, 0.1) is 0 Å². The van der Waals surface area contributed by atoms with Crippen LogP contribution >= 0.6 is 24.0 Å². The molecule has 0 aromatic carbocycles. The van der Waals surface area contributed by atoms with Gasteiger partial charge >= 0.3 is 0 Å². The third-order valence-electron chi connectivity index (χ3n) is 1.48. The Balaban J connectivity index is 2.58. The standard InChI is InChI=1S/C6H9NOS2/c1-5(9)7-4-10-3-6(7)2-8/h2,6H,3-4H2,1H3/t6-/m0/s1. The van der Waals surface area contributed by atoms with Crippen molar-refractivity contribution >= 4 is 35.3 Å². The van der Waals surface area contributed by atoms with E-state index in [0.717, 1.165) is 22.9 Å². The van der Waals surface area contributed by atoms with Gasteiger partial charge in [0.15, 0.2) is 0 Å². The van der Waals surface area contributed by atoms with Gasteiger partial charge in [-0.1, -0.05) is 12.2 Å². The monoisotopic (exact) mass is 175 g/mol. The minimum atomic E-state index is 0.0301. The summed E-state index contributed by atoms with van der Waals surface area (Å²) in [5.41, 5.74) is 0. The van der Waals surface area contributed by atoms with Crippen LogP contribution in [0.5, 0.6) is 0 Å². The third-order valence-corrected chi connectivity index (χ3v) is 2.75. The Kier molecular flexibility index (Phi) is 2.68. The molecule has 0 aliphatic carbocycles. The van der Waals surface area contributed by atoms with Gasteiger partial charge in [-0.15, -0.1) is 11.8 Å². The van der Waals surface area contributed by atoms with Crippen LogP contribution in [0.2, 0.25) is 0 Å². The zero-order valence-corrected chi connectivity index (χ0v) is 7.37. The number of thioether (sulfide) groups is 1. The molecule has 1 heterocycles. The molecule has 0 unspecified atom stereocenters. The highest BCUT2D eigenvalue weighted by Crippen LogP contribution is 2.19. The summed E-state index contributed by atoms with van der Waals surface area (Å²) in [7, 11) is 0. The lowest BCUT2D eigenvalue weighted by Crippen LogP contribution is -2.34. The van der Waals surface area contributed by atoms with E-state index in [2.05, 4.69) is 0 Å². The Morgan fingerprint density at radius 2 is 2.60 bits per heavy atom. The van der Waals surface area contributed by atoms with Gasteiger partial charge in [0.1, 0.15) is 6.29 Å². The molecule has 0 bridgehead atoms. The zero-order valence-electron chi connectivity index (χ0n) is 5.74. The van der Waals surface area contributed by atoms with Gasteiger partial charge in [-0.2, -0.15) is 0 Å². The average Bonchev–Trinajstić information content (AvgIpc) is 2.33. The maximum absolute atomic E-state index is 10.4. The van der Waals surface area contributed by atoms with Crippen molar-refractivity contribution in [2.75, 3.05) is 11.6 Å². The zero-order chi connectivity index (χ0) is 7.56. The van der Waals surface area contributed by atoms with E-state index in [4.69, 9.17) is 12.2 Å². The summed E-state index contributed by atoms with van der Waals surface area (Å²) < 4.78 is 0. The number of aldehydes is 1. The molecule has 10 heavy (non-hydrogen) atoms. The first-order valence-corrected chi connectivity index (χ1v) is 4.62. The maximum atomic E-state index is 10.4. The van der Waals surface area contributed by atoms with E-state index in [1.54, 1.807) is 11.8 Å². The number of hydrogen-bond acceptors (Lipinski definition) is 3. The molecule has 0 spiro atoms. The van der Waals surface area contributed by atoms with Crippen molar-refractivity contribution in [3.8, 4) is 0 Å². The quantitative estimate of drug-likeness (QED) is 0.436. The predicted octanol–water partition coefficient (Wildman–Crippen LogP) is 0.907. The third kappa shape index (κ3) is 1.49. The van der Waals surface area contributed by atoms with Crippen LogP contribution in [0.4, 0.5) is 0 Å². The molecule has 1 rings (SSSR count). The Hall–Kier alpha value is -0.0900. The molecule has 2 nitrogen and oxygen atoms in total. The molecule has 1 aliphatic rings. The minimum Gasteiger partial charge on any atom is -0.347 e. The van der Waals surface area contributed by atoms with Crippen LogP contribution in [0.1, 0.15) is 6.92 Å². The molecule has 0 amide bonds. The molecule has 1 atom stereocenters. The summed E-state index contributed by atoms with van der Waals surface area (Å²) in [6, 6.07) is 0.0301. The van der Waals surface area contributed by atoms with Gasteiger partial charge in [-0.25, -0.2) is 0 Å². The first-order chi connectivity index (χ1) is 4.75. The SMILES string of the molecule is CC(=S)N1CSC[C@@H]1C=O. The molecule has 0 aromatic rings. The van der Waals surface area contributed by atoms with E-state index in [-0.39, 0.29) is 6.04 Å². The van der Waals surface area contributed by atoms with Gasteiger partial charge in [-0.3, -0.25) is 0 Å². The minimum absolute atomic E-state index is 0.0301. The molecule has 0 radical (unpaired) electrons. The normalized spacial score (nSPS) is 24.9. The summed E-state index contributed by atoms with van der Waals surface area (Å²) in [5.74, 6) is 1.76. The topological polar surface area (TPSA) is 20.3 Å². The first-order valence-electron chi connectivity index (χ1n) is 3.06. The molecule has 4 heteroatoms. The second-order valence-corrected chi connectivity index (χ2v) is 3.78. The Labute approximate surface area is 70.0 Å². The molecule has 1 saturated heterocycles. The van der Waals surface area contributed by atoms with Crippen LogP contribution in [0.3, 0.4) is 0 Å². The number of thiocarbonyl (C=S) groups is 1. The van der Waals surface area contributed by atoms with Gasteiger partial charge in [-0.05, 0) is 6.92 Å². The predicted molar refractivity (Wildman–Crippen MR) is 47.3 cm³/mol. The second kappa shape index (κ2) is 3.34. The van der Waals surface area contributed by atoms with E-state index >= 15 is 0 Å². The number of carbonyl (C=O) groups excluding carboxylic acids is 1. The molecule has 0 aromatic heterocycles. The summed E-state index contributed by atoms with van der Waals surface area (Å²) in [5, 5.41) is 0. The Morgan fingerprint density at radius 3 is 3.00 bits per heavy atom. The smallest absolute Gasteiger partial charge is 0.143 e. The van der Waals surface area contributed by atoms with Gasteiger partial charge in [0.05, 0.1) is 16.9 Å². The lowest BCUT2D eigenvalue weighted by molar-refractivity contribution is -0.110. The van der Waals surface area contributed by atoms with Gasteiger partial charge < -0.3 is 9.69 Å². The highest BCUT2D eigenvalue weighted by atomic mass is 32.2. The molecule has 0 saturated carbocycles. The maximum Gasteiger partial charge on any atom is 0.143 e. The van der Waals surface area contributed by atoms with E-state index in [9.17, 15) is 4.79 Å². The van der Waals surface area contributed by atoms with E-state index in [1.807, 2.05) is 11.8 Å². The fraction of sp³-hybridized carbons (Fsp3) is 0.667. The number of nitrogens with zero attached hydrogens (tertiary/aromatic N) is 1. The lowest BCUT2D eigenvalue weighted by Gasteiger charge is -2.18. The number of hydrogen-bond donors (Lipinski definition) is 0. The van der Waals surface area contributed by atoms with Crippen LogP contribution in [0.15, 0.2) is 0 Å². The summed E-state index contributed by atoms with van der Waals surface area (Å²) in [4.78, 5) is 13.2. The molecule has 0 N–H and O–H groups in total. The first kappa shape index (κ1) is 8.01. The van der Waals surface area contributed by atoms with E-state index < -0.39 is 0 Å². The molecular weight excluding hydrogens is 166 g/mol. The van der Waals surface area contributed by atoms with E-state index in [0.29, 0.717) is 0 Å². The van der Waals surface area contributed by atoms with Crippen molar-refractivity contribution in [3.63, 3.8) is 0 Å². The number of rotatable bonds is 1. The van der Waals surface area contributed by atoms with Crippen molar-refractivity contribution in [1.82, 2.24) is 4.90 Å². The summed E-state index contributed by atoms with van der Waals surface area (Å²) in [6.07, 6.45) is 0.968. The Morgan fingerprint density at radius 1 is 1.90 bits per heavy atom. The van der Waals surface area contributed by atoms with Gasteiger partial charge in [0, 0.05) is 5.75 Å². The fourth-order valence-corrected chi connectivity index (χ4v) is 2.36. The number of carbonyl (C=O) groups is 1. The van der Waals surface area contributed by atoms with Crippen molar-refractivity contribution in [2.45, 2.75) is 13.0 Å². The average molecular weight is 175 g/mol. The van der Waals surface area contributed by atoms with Crippen LogP contribution in [-0.2, 0) is 4.79 Å². The van der Waals surface area contributed by atoms with Crippen LogP contribution < -0.4 is 0 Å². The Bertz CT molecular complexity index is 160. The second-order valence-electron chi connectivity index (χ2n) is 2.19. The molecular formula is C6H9NOS2. The van der Waals surface area contributed by atoms with Crippen LogP contribution in [0.25, 0.3) is 0 Å². The molecule has 1 aliphatic heterocycles. The van der Waals surface area contributed by atoms with Gasteiger partial charge in [0.25, 0.3) is 0 Å². The van der Waals surface area contributed by atoms with Gasteiger partial charge in [0.2, 0.25) is 0 Å². The molecule has 56 valence electrons. The lowest BCUT2D eigenvalue weighted by atomic mass is 10.3. The highest BCUT2D eigenvalue weighted by molar-refractivity contribution is 7.99. The van der Waals surface area contributed by atoms with Crippen molar-refractivity contribution < 1.29 is 4.79 Å². The fourth-order valence-electron chi connectivity index (χ4n) is 0.895. The molecule has 1 fully saturated rings. The summed E-state index contributed by atoms with van der Waals surface area (Å²) >= 11 is 6.70. The van der Waals surface area contributed by atoms with Crippen molar-refractivity contribution in [2.24, 2.45) is 0 Å². The van der Waals surface area contributed by atoms with Crippen molar-refractivity contribution in [1.29, 1.82) is 0 Å². The van der Waals surface area contributed by atoms with Crippen molar-refractivity contribution in [3.05, 3.63) is 0 Å². The van der Waals surface area contributed by atoms with Crippen LogP contribution in [-0.4, -0.2) is 33.8 Å². The highest BCUT2D eigenvalue weighted by Gasteiger charge is 2.23. The largest absolute Gasteiger partial charge is 0.347 e. The van der Waals surface area contributed by atoms with E-state index in [1.165, 1.54) is 0 Å². The summed E-state index contributed by atoms with van der Waals surface area (Å²) in [6.45, 7) is 1.86.